The van der Waals surface area contributed by atoms with Gasteiger partial charge in [0.1, 0.15) is 5.82 Å². The van der Waals surface area contributed by atoms with Crippen LogP contribution in [0.4, 0.5) is 10.1 Å². The highest BCUT2D eigenvalue weighted by atomic mass is 19.1. The lowest BCUT2D eigenvalue weighted by Gasteiger charge is -2.11. The van der Waals surface area contributed by atoms with Crippen molar-refractivity contribution in [2.24, 2.45) is 10.9 Å². The van der Waals surface area contributed by atoms with Crippen LogP contribution in [-0.2, 0) is 0 Å². The molecule has 21 heavy (non-hydrogen) atoms. The summed E-state index contributed by atoms with van der Waals surface area (Å²) in [6.45, 7) is 1.71. The Bertz CT molecular complexity index is 714. The van der Waals surface area contributed by atoms with Crippen LogP contribution < -0.4 is 11.1 Å². The van der Waals surface area contributed by atoms with E-state index in [0.717, 1.165) is 6.07 Å². The van der Waals surface area contributed by atoms with Crippen molar-refractivity contribution in [3.63, 3.8) is 0 Å². The molecule has 2 aromatic rings. The minimum Gasteiger partial charge on any atom is -0.409 e. The molecule has 0 aliphatic heterocycles. The third-order valence-electron chi connectivity index (χ3n) is 3.00. The van der Waals surface area contributed by atoms with Crippen molar-refractivity contribution < 1.29 is 14.4 Å². The number of rotatable bonds is 3. The average Bonchev–Trinajstić information content (AvgIpc) is 2.49. The van der Waals surface area contributed by atoms with E-state index in [-0.39, 0.29) is 11.4 Å². The van der Waals surface area contributed by atoms with Crippen molar-refractivity contribution >= 4 is 17.4 Å². The van der Waals surface area contributed by atoms with E-state index in [1.54, 1.807) is 31.2 Å². The molecule has 0 heterocycles. The number of halogens is 1. The van der Waals surface area contributed by atoms with Gasteiger partial charge in [-0.15, -0.1) is 0 Å². The summed E-state index contributed by atoms with van der Waals surface area (Å²) in [5.41, 5.74) is 7.18. The number of amides is 1. The molecule has 0 aromatic heterocycles. The molecule has 2 aromatic carbocycles. The molecule has 1 amide bonds. The zero-order valence-electron chi connectivity index (χ0n) is 11.3. The minimum absolute atomic E-state index is 0.123. The molecular weight excluding hydrogens is 273 g/mol. The monoisotopic (exact) mass is 287 g/mol. The zero-order chi connectivity index (χ0) is 15.4. The second kappa shape index (κ2) is 6.04. The molecule has 0 saturated heterocycles. The number of hydrogen-bond donors (Lipinski definition) is 3. The number of hydrogen-bond acceptors (Lipinski definition) is 3. The van der Waals surface area contributed by atoms with Crippen molar-refractivity contribution in [3.8, 4) is 0 Å². The maximum atomic E-state index is 13.3. The molecule has 0 radical (unpaired) electrons. The molecule has 0 aliphatic carbocycles. The Hall–Kier alpha value is -2.89. The van der Waals surface area contributed by atoms with Gasteiger partial charge in [-0.2, -0.15) is 0 Å². The van der Waals surface area contributed by atoms with E-state index >= 15 is 0 Å². The Morgan fingerprint density at radius 1 is 1.24 bits per heavy atom. The van der Waals surface area contributed by atoms with Crippen molar-refractivity contribution in [1.82, 2.24) is 0 Å². The topological polar surface area (TPSA) is 87.7 Å². The number of nitrogens with zero attached hydrogens (tertiary/aromatic N) is 1. The van der Waals surface area contributed by atoms with E-state index in [1.807, 2.05) is 0 Å². The number of anilines is 1. The van der Waals surface area contributed by atoms with Gasteiger partial charge in [0.25, 0.3) is 5.91 Å². The Morgan fingerprint density at radius 2 is 1.95 bits per heavy atom. The van der Waals surface area contributed by atoms with Crippen molar-refractivity contribution in [2.75, 3.05) is 5.32 Å². The predicted octanol–water partition coefficient (Wildman–Crippen LogP) is 2.48. The van der Waals surface area contributed by atoms with Gasteiger partial charge >= 0.3 is 0 Å². The van der Waals surface area contributed by atoms with Crippen LogP contribution in [0.2, 0.25) is 0 Å². The molecule has 0 spiro atoms. The zero-order valence-corrected chi connectivity index (χ0v) is 11.3. The molecule has 6 heteroatoms. The summed E-state index contributed by atoms with van der Waals surface area (Å²) in [6, 6.07) is 10.6. The normalized spacial score (nSPS) is 11.2. The van der Waals surface area contributed by atoms with Crippen LogP contribution in [0.3, 0.4) is 0 Å². The summed E-state index contributed by atoms with van der Waals surface area (Å²) in [5.74, 6) is -1.08. The molecule has 2 rings (SSSR count). The highest BCUT2D eigenvalue weighted by Gasteiger charge is 2.13. The SMILES string of the molecule is Cc1ccc(F)cc1C(=O)Nc1ccccc1C(N)=NO. The molecule has 0 saturated carbocycles. The number of carbonyl (C=O) groups excluding carboxylic acids is 1. The van der Waals surface area contributed by atoms with Crippen LogP contribution in [0.25, 0.3) is 0 Å². The molecule has 0 atom stereocenters. The van der Waals surface area contributed by atoms with Gasteiger partial charge in [-0.05, 0) is 36.8 Å². The molecule has 0 aliphatic rings. The Balaban J connectivity index is 2.34. The number of carbonyl (C=O) groups is 1. The average molecular weight is 287 g/mol. The fraction of sp³-hybridized carbons (Fsp3) is 0.0667. The van der Waals surface area contributed by atoms with Gasteiger partial charge in [-0.3, -0.25) is 4.79 Å². The van der Waals surface area contributed by atoms with Crippen LogP contribution in [0.1, 0.15) is 21.5 Å². The van der Waals surface area contributed by atoms with Gasteiger partial charge in [0.2, 0.25) is 0 Å². The Morgan fingerprint density at radius 3 is 2.67 bits per heavy atom. The first-order valence-corrected chi connectivity index (χ1v) is 6.17. The lowest BCUT2D eigenvalue weighted by molar-refractivity contribution is 0.102. The maximum absolute atomic E-state index is 13.3. The Kier molecular flexibility index (Phi) is 4.18. The van der Waals surface area contributed by atoms with E-state index in [4.69, 9.17) is 10.9 Å². The highest BCUT2D eigenvalue weighted by molar-refractivity contribution is 6.10. The smallest absolute Gasteiger partial charge is 0.256 e. The van der Waals surface area contributed by atoms with Gasteiger partial charge in [0.05, 0.1) is 5.69 Å². The number of benzene rings is 2. The summed E-state index contributed by atoms with van der Waals surface area (Å²) >= 11 is 0. The number of nitrogens with two attached hydrogens (primary N) is 1. The van der Waals surface area contributed by atoms with Crippen LogP contribution in [0, 0.1) is 12.7 Å². The third-order valence-corrected chi connectivity index (χ3v) is 3.00. The number of amidine groups is 1. The number of aryl methyl sites for hydroxylation is 1. The first-order chi connectivity index (χ1) is 10.0. The van der Waals surface area contributed by atoms with Crippen LogP contribution in [-0.4, -0.2) is 17.0 Å². The molecule has 0 bridgehead atoms. The molecule has 0 unspecified atom stereocenters. The van der Waals surface area contributed by atoms with Crippen LogP contribution in [0.15, 0.2) is 47.6 Å². The summed E-state index contributed by atoms with van der Waals surface area (Å²) in [5, 5.41) is 14.3. The molecular formula is C15H14FN3O2. The first-order valence-electron chi connectivity index (χ1n) is 6.17. The van der Waals surface area contributed by atoms with Crippen molar-refractivity contribution in [2.45, 2.75) is 6.92 Å². The Labute approximate surface area is 120 Å². The summed E-state index contributed by atoms with van der Waals surface area (Å²) in [7, 11) is 0. The highest BCUT2D eigenvalue weighted by Crippen LogP contribution is 2.18. The lowest BCUT2D eigenvalue weighted by atomic mass is 10.1. The van der Waals surface area contributed by atoms with Crippen LogP contribution >= 0.6 is 0 Å². The van der Waals surface area contributed by atoms with Gasteiger partial charge in [0.15, 0.2) is 5.84 Å². The maximum Gasteiger partial charge on any atom is 0.256 e. The van der Waals surface area contributed by atoms with Crippen molar-refractivity contribution in [3.05, 3.63) is 65.0 Å². The number of para-hydroxylation sites is 1. The largest absolute Gasteiger partial charge is 0.409 e. The van der Waals surface area contributed by atoms with Gasteiger partial charge < -0.3 is 16.3 Å². The fourth-order valence-corrected chi connectivity index (χ4v) is 1.90. The van der Waals surface area contributed by atoms with Gasteiger partial charge in [0, 0.05) is 11.1 Å². The number of nitrogens with one attached hydrogen (secondary N) is 1. The number of oxime groups is 1. The van der Waals surface area contributed by atoms with Gasteiger partial charge in [-0.1, -0.05) is 23.4 Å². The molecule has 5 nitrogen and oxygen atoms in total. The second-order valence-electron chi connectivity index (χ2n) is 4.44. The van der Waals surface area contributed by atoms with E-state index in [2.05, 4.69) is 10.5 Å². The summed E-state index contributed by atoms with van der Waals surface area (Å²) in [6.07, 6.45) is 0. The predicted molar refractivity (Wildman–Crippen MR) is 78.0 cm³/mol. The minimum atomic E-state index is -0.490. The fourth-order valence-electron chi connectivity index (χ4n) is 1.90. The first kappa shape index (κ1) is 14.5. The summed E-state index contributed by atoms with van der Waals surface area (Å²) < 4.78 is 13.3. The van der Waals surface area contributed by atoms with E-state index in [0.29, 0.717) is 16.8 Å². The van der Waals surface area contributed by atoms with E-state index in [9.17, 15) is 9.18 Å². The van der Waals surface area contributed by atoms with E-state index in [1.165, 1.54) is 12.1 Å². The lowest BCUT2D eigenvalue weighted by Crippen LogP contribution is -2.19. The molecule has 0 fully saturated rings. The quantitative estimate of drug-likeness (QED) is 0.351. The second-order valence-corrected chi connectivity index (χ2v) is 4.44. The third kappa shape index (κ3) is 3.17. The van der Waals surface area contributed by atoms with Gasteiger partial charge in [-0.25, -0.2) is 4.39 Å². The van der Waals surface area contributed by atoms with E-state index < -0.39 is 11.7 Å². The standard InChI is InChI=1S/C15H14FN3O2/c1-9-6-7-10(16)8-12(9)15(20)18-13-5-3-2-4-11(13)14(17)19-21/h2-8,21H,1H3,(H2,17,19)(H,18,20). The molecule has 4 N–H and O–H groups in total. The van der Waals surface area contributed by atoms with Crippen LogP contribution in [0.5, 0.6) is 0 Å². The summed E-state index contributed by atoms with van der Waals surface area (Å²) in [4.78, 5) is 12.2. The van der Waals surface area contributed by atoms with Crippen molar-refractivity contribution in [1.29, 1.82) is 0 Å². The molecule has 108 valence electrons.